The minimum Gasteiger partial charge on any atom is -0.506 e. The van der Waals surface area contributed by atoms with Gasteiger partial charge in [-0.2, -0.15) is 0 Å². The number of anilines is 1. The number of benzene rings is 1. The van der Waals surface area contributed by atoms with Crippen molar-refractivity contribution in [2.75, 3.05) is 11.9 Å². The van der Waals surface area contributed by atoms with Crippen molar-refractivity contribution in [1.29, 1.82) is 0 Å². The normalized spacial score (nSPS) is 15.6. The second-order valence-electron chi connectivity index (χ2n) is 5.29. The summed E-state index contributed by atoms with van der Waals surface area (Å²) in [7, 11) is 0. The summed E-state index contributed by atoms with van der Waals surface area (Å²) < 4.78 is 1.65. The lowest BCUT2D eigenvalue weighted by molar-refractivity contribution is -0.122. The molecule has 1 aromatic carbocycles. The molecule has 2 heterocycles. The smallest absolute Gasteiger partial charge is 0.266 e. The molecule has 0 radical (unpaired) electrons. The number of thiocarbonyl (C=S) groups is 1. The quantitative estimate of drug-likeness (QED) is 0.419. The molecule has 0 aliphatic carbocycles. The molecule has 3 rings (SSSR count). The number of phenols is 1. The first-order valence-electron chi connectivity index (χ1n) is 7.48. The molecule has 27 heavy (non-hydrogen) atoms. The Morgan fingerprint density at radius 3 is 2.89 bits per heavy atom. The maximum absolute atomic E-state index is 12.6. The molecule has 2 amide bonds. The lowest BCUT2D eigenvalue weighted by Crippen LogP contribution is -2.31. The van der Waals surface area contributed by atoms with Gasteiger partial charge in [-0.05, 0) is 34.1 Å². The van der Waals surface area contributed by atoms with Gasteiger partial charge in [0.25, 0.3) is 5.91 Å². The van der Waals surface area contributed by atoms with Crippen LogP contribution in [0.5, 0.6) is 5.75 Å². The van der Waals surface area contributed by atoms with Crippen LogP contribution in [0.4, 0.5) is 5.13 Å². The van der Waals surface area contributed by atoms with Crippen molar-refractivity contribution in [2.24, 2.45) is 0 Å². The number of aromatic hydroxyl groups is 1. The summed E-state index contributed by atoms with van der Waals surface area (Å²) >= 11 is 14.3. The summed E-state index contributed by atoms with van der Waals surface area (Å²) in [6, 6.07) is 3.41. The highest BCUT2D eigenvalue weighted by Gasteiger charge is 2.32. The summed E-state index contributed by atoms with van der Waals surface area (Å²) in [4.78, 5) is 30.4. The Morgan fingerprint density at radius 1 is 1.41 bits per heavy atom. The zero-order valence-electron chi connectivity index (χ0n) is 13.4. The summed E-state index contributed by atoms with van der Waals surface area (Å²) in [5.74, 6) is -0.495. The SMILES string of the molecule is O=C(CCN1C(=O)/C(=C/c2cc(Br)cc(Br)c2O)SC1=S)Nc1nccs1. The van der Waals surface area contributed by atoms with Gasteiger partial charge in [0.1, 0.15) is 10.1 Å². The van der Waals surface area contributed by atoms with Crippen LogP contribution in [0.3, 0.4) is 0 Å². The highest BCUT2D eigenvalue weighted by atomic mass is 79.9. The van der Waals surface area contributed by atoms with Crippen LogP contribution in [-0.2, 0) is 9.59 Å². The van der Waals surface area contributed by atoms with Crippen LogP contribution < -0.4 is 5.32 Å². The average molecular weight is 549 g/mol. The van der Waals surface area contributed by atoms with Crippen molar-refractivity contribution < 1.29 is 14.7 Å². The summed E-state index contributed by atoms with van der Waals surface area (Å²) in [5.41, 5.74) is 0.485. The fourth-order valence-corrected chi connectivity index (χ4v) is 5.31. The van der Waals surface area contributed by atoms with E-state index in [4.69, 9.17) is 12.2 Å². The monoisotopic (exact) mass is 547 g/mol. The number of carbonyl (C=O) groups is 2. The van der Waals surface area contributed by atoms with Gasteiger partial charge in [0, 0.05) is 34.6 Å². The fraction of sp³-hybridized carbons (Fsp3) is 0.125. The molecule has 140 valence electrons. The minimum absolute atomic E-state index is 0.0336. The van der Waals surface area contributed by atoms with Crippen LogP contribution in [0, 0.1) is 0 Å². The summed E-state index contributed by atoms with van der Waals surface area (Å²) in [6.45, 7) is 0.174. The molecule has 0 saturated carbocycles. The first-order valence-corrected chi connectivity index (χ1v) is 11.2. The number of rotatable bonds is 5. The lowest BCUT2D eigenvalue weighted by atomic mass is 10.2. The number of amides is 2. The number of nitrogens with zero attached hydrogens (tertiary/aromatic N) is 2. The van der Waals surface area contributed by atoms with E-state index in [1.54, 1.807) is 29.8 Å². The number of thioether (sulfide) groups is 1. The van der Waals surface area contributed by atoms with Crippen LogP contribution in [0.1, 0.15) is 12.0 Å². The van der Waals surface area contributed by atoms with Crippen molar-refractivity contribution in [3.8, 4) is 5.75 Å². The van der Waals surface area contributed by atoms with E-state index >= 15 is 0 Å². The Bertz CT molecular complexity index is 948. The largest absolute Gasteiger partial charge is 0.506 e. The van der Waals surface area contributed by atoms with E-state index in [0.29, 0.717) is 24.4 Å². The van der Waals surface area contributed by atoms with E-state index in [-0.39, 0.29) is 30.5 Å². The van der Waals surface area contributed by atoms with Crippen molar-refractivity contribution in [1.82, 2.24) is 9.88 Å². The third-order valence-electron chi connectivity index (χ3n) is 3.46. The van der Waals surface area contributed by atoms with Crippen LogP contribution in [0.25, 0.3) is 6.08 Å². The second-order valence-corrected chi connectivity index (χ2v) is 9.63. The molecular formula is C16H11Br2N3O3S3. The van der Waals surface area contributed by atoms with Crippen molar-refractivity contribution in [3.63, 3.8) is 0 Å². The number of hydrogen-bond acceptors (Lipinski definition) is 7. The molecule has 1 aromatic heterocycles. The van der Waals surface area contributed by atoms with E-state index in [1.165, 1.54) is 16.2 Å². The van der Waals surface area contributed by atoms with Crippen molar-refractivity contribution in [2.45, 2.75) is 6.42 Å². The number of nitrogens with one attached hydrogen (secondary N) is 1. The molecule has 0 atom stereocenters. The Hall–Kier alpha value is -1.27. The highest BCUT2D eigenvalue weighted by molar-refractivity contribution is 9.11. The van der Waals surface area contributed by atoms with Gasteiger partial charge in [0.2, 0.25) is 5.91 Å². The molecule has 1 aliphatic heterocycles. The van der Waals surface area contributed by atoms with E-state index in [0.717, 1.165) is 16.2 Å². The van der Waals surface area contributed by atoms with Crippen molar-refractivity contribution in [3.05, 3.63) is 43.1 Å². The maximum atomic E-state index is 12.6. The third kappa shape index (κ3) is 4.96. The van der Waals surface area contributed by atoms with Gasteiger partial charge < -0.3 is 10.4 Å². The molecule has 0 spiro atoms. The zero-order valence-corrected chi connectivity index (χ0v) is 19.1. The topological polar surface area (TPSA) is 82.5 Å². The standard InChI is InChI=1S/C16H11Br2N3O3S3/c17-9-5-8(13(23)10(18)7-9)6-11-14(24)21(16(25)27-11)3-1-12(22)20-15-19-2-4-26-15/h2,4-7,23H,1,3H2,(H,19,20,22)/b11-6-. The molecule has 2 aromatic rings. The van der Waals surface area contributed by atoms with Gasteiger partial charge in [0.15, 0.2) is 5.13 Å². The number of hydrogen-bond donors (Lipinski definition) is 2. The lowest BCUT2D eigenvalue weighted by Gasteiger charge is -2.13. The van der Waals surface area contributed by atoms with E-state index in [2.05, 4.69) is 42.2 Å². The van der Waals surface area contributed by atoms with Gasteiger partial charge in [-0.1, -0.05) is 39.9 Å². The number of phenolic OH excluding ortho intramolecular Hbond substituents is 1. The van der Waals surface area contributed by atoms with Crippen LogP contribution in [0.15, 0.2) is 37.6 Å². The summed E-state index contributed by atoms with van der Waals surface area (Å²) in [6.07, 6.45) is 3.29. The highest BCUT2D eigenvalue weighted by Crippen LogP contribution is 2.37. The number of carbonyl (C=O) groups excluding carboxylic acids is 2. The van der Waals surface area contributed by atoms with E-state index in [9.17, 15) is 14.7 Å². The van der Waals surface area contributed by atoms with E-state index in [1.807, 2.05) is 0 Å². The van der Waals surface area contributed by atoms with Crippen LogP contribution in [-0.4, -0.2) is 37.7 Å². The van der Waals surface area contributed by atoms with Gasteiger partial charge in [-0.25, -0.2) is 4.98 Å². The van der Waals surface area contributed by atoms with E-state index < -0.39 is 0 Å². The maximum Gasteiger partial charge on any atom is 0.266 e. The molecular weight excluding hydrogens is 538 g/mol. The molecule has 1 saturated heterocycles. The first-order chi connectivity index (χ1) is 12.8. The van der Waals surface area contributed by atoms with Gasteiger partial charge in [-0.3, -0.25) is 14.5 Å². The third-order valence-corrected chi connectivity index (χ3v) is 6.59. The summed E-state index contributed by atoms with van der Waals surface area (Å²) in [5, 5.41) is 15.1. The predicted molar refractivity (Wildman–Crippen MR) is 119 cm³/mol. The molecule has 2 N–H and O–H groups in total. The molecule has 0 bridgehead atoms. The molecule has 1 aliphatic rings. The average Bonchev–Trinajstić information content (AvgIpc) is 3.19. The van der Waals surface area contributed by atoms with Crippen LogP contribution in [0.2, 0.25) is 0 Å². The fourth-order valence-electron chi connectivity index (χ4n) is 2.21. The minimum atomic E-state index is -0.289. The Balaban J connectivity index is 1.69. The Kier molecular flexibility index (Phi) is 6.69. The van der Waals surface area contributed by atoms with Crippen molar-refractivity contribution >= 4 is 94.5 Å². The molecule has 0 unspecified atom stereocenters. The number of thiazole rings is 1. The molecule has 11 heteroatoms. The zero-order chi connectivity index (χ0) is 19.6. The Morgan fingerprint density at radius 2 is 2.19 bits per heavy atom. The van der Waals surface area contributed by atoms with Gasteiger partial charge in [-0.15, -0.1) is 11.3 Å². The second kappa shape index (κ2) is 8.82. The molecule has 1 fully saturated rings. The molecule has 6 nitrogen and oxygen atoms in total. The number of halogens is 2. The predicted octanol–water partition coefficient (Wildman–Crippen LogP) is 4.60. The van der Waals surface area contributed by atoms with Gasteiger partial charge >= 0.3 is 0 Å². The first kappa shape index (κ1) is 20.5. The Labute approximate surface area is 185 Å². The van der Waals surface area contributed by atoms with Gasteiger partial charge in [0.05, 0.1) is 9.38 Å². The number of aromatic nitrogens is 1. The van der Waals surface area contributed by atoms with Crippen LogP contribution >= 0.6 is 67.2 Å².